The Morgan fingerprint density at radius 2 is 1.67 bits per heavy atom. The van der Waals surface area contributed by atoms with Crippen molar-refractivity contribution in [3.8, 4) is 0 Å². The molecule has 0 unspecified atom stereocenters. The average Bonchev–Trinajstić information content (AvgIpc) is 2.13. The molecule has 12 heavy (non-hydrogen) atoms. The minimum atomic E-state index is 0. The summed E-state index contributed by atoms with van der Waals surface area (Å²) in [6, 6.07) is 2.03. The number of nitrogens with two attached hydrogens (primary N) is 1. The number of rotatable bonds is 0. The zero-order valence-electron chi connectivity index (χ0n) is 7.40. The van der Waals surface area contributed by atoms with Crippen molar-refractivity contribution in [1.29, 1.82) is 0 Å². The Hall–Kier alpha value is 0.500. The Morgan fingerprint density at radius 3 is 2.25 bits per heavy atom. The van der Waals surface area contributed by atoms with Gasteiger partial charge in [-0.25, -0.2) is 0 Å². The van der Waals surface area contributed by atoms with Crippen molar-refractivity contribution in [2.24, 2.45) is 5.73 Å². The summed E-state index contributed by atoms with van der Waals surface area (Å²) in [4.78, 5) is 2.48. The Labute approximate surface area is 86.7 Å². The largest absolute Gasteiger partial charge is 0.326 e. The zero-order chi connectivity index (χ0) is 7.14. The molecule has 0 saturated carbocycles. The standard InChI is InChI=1S/C8H16N2.2ClH/c1-10-6-2-4-7(9)8(10)5-3-6;;/h6-8H,2-5,9H2,1H3;2*1H/t6-,7+,8-;;/m1../s1. The molecule has 0 aromatic rings. The van der Waals surface area contributed by atoms with E-state index in [0.717, 1.165) is 6.04 Å². The first-order valence-electron chi connectivity index (χ1n) is 4.26. The molecule has 3 atom stereocenters. The first kappa shape index (κ1) is 12.5. The molecule has 0 aromatic carbocycles. The fraction of sp³-hybridized carbons (Fsp3) is 1.00. The van der Waals surface area contributed by atoms with Crippen LogP contribution in [0.4, 0.5) is 0 Å². The minimum Gasteiger partial charge on any atom is -0.326 e. The van der Waals surface area contributed by atoms with Gasteiger partial charge in [0.05, 0.1) is 0 Å². The van der Waals surface area contributed by atoms with E-state index < -0.39 is 0 Å². The van der Waals surface area contributed by atoms with Crippen molar-refractivity contribution < 1.29 is 0 Å². The van der Waals surface area contributed by atoms with Crippen LogP contribution in [0.15, 0.2) is 0 Å². The Bertz CT molecular complexity index is 143. The highest BCUT2D eigenvalue weighted by molar-refractivity contribution is 5.85. The predicted molar refractivity (Wildman–Crippen MR) is 56.3 cm³/mol. The van der Waals surface area contributed by atoms with E-state index in [1.165, 1.54) is 25.7 Å². The van der Waals surface area contributed by atoms with Gasteiger partial charge >= 0.3 is 0 Å². The van der Waals surface area contributed by atoms with Gasteiger partial charge in [0.15, 0.2) is 0 Å². The summed E-state index contributed by atoms with van der Waals surface area (Å²) >= 11 is 0. The average molecular weight is 213 g/mol. The highest BCUT2D eigenvalue weighted by Crippen LogP contribution is 2.32. The van der Waals surface area contributed by atoms with Crippen molar-refractivity contribution >= 4 is 24.8 Å². The lowest BCUT2D eigenvalue weighted by atomic mass is 9.99. The number of likely N-dealkylation sites (N-methyl/N-ethyl adjacent to an activating group) is 1. The van der Waals surface area contributed by atoms with Crippen molar-refractivity contribution in [2.45, 2.75) is 43.8 Å². The van der Waals surface area contributed by atoms with Crippen LogP contribution in [0, 0.1) is 0 Å². The van der Waals surface area contributed by atoms with Gasteiger partial charge in [-0.3, -0.25) is 4.90 Å². The highest BCUT2D eigenvalue weighted by atomic mass is 35.5. The van der Waals surface area contributed by atoms with Crippen LogP contribution in [0.2, 0.25) is 0 Å². The Morgan fingerprint density at radius 1 is 1.08 bits per heavy atom. The summed E-state index contributed by atoms with van der Waals surface area (Å²) in [6.07, 6.45) is 5.30. The quantitative estimate of drug-likeness (QED) is 0.659. The number of nitrogens with zero attached hydrogens (tertiary/aromatic N) is 1. The first-order valence-corrected chi connectivity index (χ1v) is 4.26. The van der Waals surface area contributed by atoms with Gasteiger partial charge in [-0.1, -0.05) is 0 Å². The van der Waals surface area contributed by atoms with Crippen molar-refractivity contribution in [1.82, 2.24) is 4.90 Å². The summed E-state index contributed by atoms with van der Waals surface area (Å²) < 4.78 is 0. The number of halogens is 2. The molecule has 2 N–H and O–H groups in total. The number of hydrogen-bond donors (Lipinski definition) is 1. The van der Waals surface area contributed by atoms with E-state index >= 15 is 0 Å². The molecule has 2 aliphatic heterocycles. The molecule has 2 fully saturated rings. The lowest BCUT2D eigenvalue weighted by Crippen LogP contribution is -2.48. The van der Waals surface area contributed by atoms with E-state index in [4.69, 9.17) is 5.73 Å². The Balaban J connectivity index is 0.000000605. The van der Waals surface area contributed by atoms with E-state index in [9.17, 15) is 0 Å². The molecule has 0 radical (unpaired) electrons. The molecule has 0 spiro atoms. The SMILES string of the molecule is CN1[C@H]2CC[C@@H]1[C@@H](N)CC2.Cl.Cl. The second-order valence-corrected chi connectivity index (χ2v) is 3.71. The van der Waals surface area contributed by atoms with Crippen LogP contribution in [0.1, 0.15) is 25.7 Å². The topological polar surface area (TPSA) is 29.3 Å². The van der Waals surface area contributed by atoms with Gasteiger partial charge < -0.3 is 5.73 Å². The summed E-state index contributed by atoms with van der Waals surface area (Å²) in [5.41, 5.74) is 5.96. The molecule has 2 saturated heterocycles. The molecule has 0 aromatic heterocycles. The van der Waals surface area contributed by atoms with E-state index in [0.29, 0.717) is 12.1 Å². The third kappa shape index (κ3) is 1.87. The molecule has 2 rings (SSSR count). The van der Waals surface area contributed by atoms with Crippen LogP contribution in [0.25, 0.3) is 0 Å². The summed E-state index contributed by atoms with van der Waals surface area (Å²) in [5.74, 6) is 0. The molecule has 2 nitrogen and oxygen atoms in total. The van der Waals surface area contributed by atoms with E-state index in [2.05, 4.69) is 11.9 Å². The van der Waals surface area contributed by atoms with Crippen LogP contribution in [0.3, 0.4) is 0 Å². The number of fused-ring (bicyclic) bond motifs is 2. The van der Waals surface area contributed by atoms with Gasteiger partial charge in [-0.2, -0.15) is 0 Å². The fourth-order valence-electron chi connectivity index (χ4n) is 2.48. The van der Waals surface area contributed by atoms with Crippen LogP contribution in [-0.4, -0.2) is 30.1 Å². The summed E-state index contributed by atoms with van der Waals surface area (Å²) in [5, 5.41) is 0. The second kappa shape index (κ2) is 4.66. The number of hydrogen-bond acceptors (Lipinski definition) is 2. The third-order valence-electron chi connectivity index (χ3n) is 3.22. The maximum absolute atomic E-state index is 5.96. The zero-order valence-corrected chi connectivity index (χ0v) is 9.03. The molecule has 2 bridgehead atoms. The predicted octanol–water partition coefficient (Wildman–Crippen LogP) is 1.41. The number of piperidine rings is 1. The van der Waals surface area contributed by atoms with Crippen molar-refractivity contribution in [3.05, 3.63) is 0 Å². The van der Waals surface area contributed by atoms with Crippen LogP contribution in [-0.2, 0) is 0 Å². The maximum atomic E-state index is 5.96. The van der Waals surface area contributed by atoms with Gasteiger partial charge in [0.1, 0.15) is 0 Å². The monoisotopic (exact) mass is 212 g/mol. The van der Waals surface area contributed by atoms with E-state index in [-0.39, 0.29) is 24.8 Å². The molecule has 2 aliphatic rings. The first-order chi connectivity index (χ1) is 4.79. The smallest absolute Gasteiger partial charge is 0.0247 e. The minimum absolute atomic E-state index is 0. The summed E-state index contributed by atoms with van der Waals surface area (Å²) in [6.45, 7) is 0. The van der Waals surface area contributed by atoms with Crippen LogP contribution >= 0.6 is 24.8 Å². The molecular weight excluding hydrogens is 195 g/mol. The van der Waals surface area contributed by atoms with Gasteiger partial charge in [-0.05, 0) is 32.7 Å². The summed E-state index contributed by atoms with van der Waals surface area (Å²) in [7, 11) is 2.22. The molecular formula is C8H18Cl2N2. The highest BCUT2D eigenvalue weighted by Gasteiger charge is 2.38. The van der Waals surface area contributed by atoms with E-state index in [1.807, 2.05) is 0 Å². The normalized spacial score (nSPS) is 40.0. The van der Waals surface area contributed by atoms with Crippen molar-refractivity contribution in [2.75, 3.05) is 7.05 Å². The fourth-order valence-corrected chi connectivity index (χ4v) is 2.48. The second-order valence-electron chi connectivity index (χ2n) is 3.71. The molecule has 74 valence electrons. The van der Waals surface area contributed by atoms with Gasteiger partial charge in [0, 0.05) is 18.1 Å². The van der Waals surface area contributed by atoms with Gasteiger partial charge in [-0.15, -0.1) is 24.8 Å². The van der Waals surface area contributed by atoms with Gasteiger partial charge in [0.2, 0.25) is 0 Å². The maximum Gasteiger partial charge on any atom is 0.0247 e. The molecule has 2 heterocycles. The molecule has 0 aliphatic carbocycles. The van der Waals surface area contributed by atoms with Crippen LogP contribution < -0.4 is 5.73 Å². The lowest BCUT2D eigenvalue weighted by Gasteiger charge is -2.35. The molecule has 0 amide bonds. The van der Waals surface area contributed by atoms with Gasteiger partial charge in [0.25, 0.3) is 0 Å². The Kier molecular flexibility index (Phi) is 4.85. The van der Waals surface area contributed by atoms with Crippen molar-refractivity contribution in [3.63, 3.8) is 0 Å². The van der Waals surface area contributed by atoms with Crippen LogP contribution in [0.5, 0.6) is 0 Å². The molecule has 4 heteroatoms. The lowest BCUT2D eigenvalue weighted by molar-refractivity contribution is 0.158. The third-order valence-corrected chi connectivity index (χ3v) is 3.22. The van der Waals surface area contributed by atoms with E-state index in [1.54, 1.807) is 0 Å².